The maximum Gasteiger partial charge on any atom is 0.252 e. The summed E-state index contributed by atoms with van der Waals surface area (Å²) < 4.78 is 5.53. The lowest BCUT2D eigenvalue weighted by atomic mass is 9.91. The summed E-state index contributed by atoms with van der Waals surface area (Å²) in [6, 6.07) is 0. The SMILES string of the molecule is COC1(C(=O)NCCN2CCCC(C)C2)CCNCC1. The molecule has 0 saturated carbocycles. The Hall–Kier alpha value is -0.650. The van der Waals surface area contributed by atoms with Crippen LogP contribution in [0.4, 0.5) is 0 Å². The first-order valence-electron chi connectivity index (χ1n) is 7.93. The quantitative estimate of drug-likeness (QED) is 0.776. The Balaban J connectivity index is 1.73. The summed E-state index contributed by atoms with van der Waals surface area (Å²) in [6.45, 7) is 8.02. The second-order valence-corrected chi connectivity index (χ2v) is 6.25. The van der Waals surface area contributed by atoms with Gasteiger partial charge in [0.05, 0.1) is 0 Å². The molecule has 2 aliphatic heterocycles. The van der Waals surface area contributed by atoms with Gasteiger partial charge >= 0.3 is 0 Å². The Bertz CT molecular complexity index is 316. The Labute approximate surface area is 122 Å². The Kier molecular flexibility index (Phi) is 5.81. The molecular formula is C15H29N3O2. The smallest absolute Gasteiger partial charge is 0.252 e. The molecule has 5 heteroatoms. The van der Waals surface area contributed by atoms with Crippen molar-refractivity contribution in [1.29, 1.82) is 0 Å². The Morgan fingerprint density at radius 3 is 2.85 bits per heavy atom. The minimum Gasteiger partial charge on any atom is -0.368 e. The molecular weight excluding hydrogens is 254 g/mol. The fourth-order valence-electron chi connectivity index (χ4n) is 3.33. The molecule has 20 heavy (non-hydrogen) atoms. The highest BCUT2D eigenvalue weighted by atomic mass is 16.5. The van der Waals surface area contributed by atoms with Gasteiger partial charge in [-0.05, 0) is 51.2 Å². The monoisotopic (exact) mass is 283 g/mol. The zero-order valence-electron chi connectivity index (χ0n) is 12.9. The lowest BCUT2D eigenvalue weighted by molar-refractivity contribution is -0.146. The molecule has 1 amide bonds. The number of nitrogens with one attached hydrogen (secondary N) is 2. The first kappa shape index (κ1) is 15.7. The van der Waals surface area contributed by atoms with E-state index in [1.54, 1.807) is 7.11 Å². The molecule has 2 heterocycles. The zero-order valence-corrected chi connectivity index (χ0v) is 12.9. The second-order valence-electron chi connectivity index (χ2n) is 6.25. The van der Waals surface area contributed by atoms with Crippen LogP contribution >= 0.6 is 0 Å². The van der Waals surface area contributed by atoms with Crippen LogP contribution in [0.2, 0.25) is 0 Å². The van der Waals surface area contributed by atoms with E-state index < -0.39 is 5.60 Å². The highest BCUT2D eigenvalue weighted by molar-refractivity contribution is 5.85. The van der Waals surface area contributed by atoms with Crippen LogP contribution in [0.1, 0.15) is 32.6 Å². The van der Waals surface area contributed by atoms with Gasteiger partial charge in [-0.3, -0.25) is 4.79 Å². The number of nitrogens with zero attached hydrogens (tertiary/aromatic N) is 1. The van der Waals surface area contributed by atoms with E-state index in [1.807, 2.05) is 0 Å². The highest BCUT2D eigenvalue weighted by Crippen LogP contribution is 2.22. The number of piperidine rings is 2. The predicted octanol–water partition coefficient (Wildman–Crippen LogP) is 0.603. The Morgan fingerprint density at radius 2 is 2.20 bits per heavy atom. The van der Waals surface area contributed by atoms with Gasteiger partial charge in [-0.2, -0.15) is 0 Å². The van der Waals surface area contributed by atoms with Gasteiger partial charge in [0.15, 0.2) is 0 Å². The van der Waals surface area contributed by atoms with Gasteiger partial charge in [0.1, 0.15) is 5.60 Å². The second kappa shape index (κ2) is 7.38. The van der Waals surface area contributed by atoms with E-state index in [0.29, 0.717) is 0 Å². The molecule has 116 valence electrons. The third-order valence-electron chi connectivity index (χ3n) is 4.67. The van der Waals surface area contributed by atoms with Crippen LogP contribution in [0.3, 0.4) is 0 Å². The van der Waals surface area contributed by atoms with Crippen molar-refractivity contribution in [3.8, 4) is 0 Å². The van der Waals surface area contributed by atoms with Crippen molar-refractivity contribution in [2.24, 2.45) is 5.92 Å². The van der Waals surface area contributed by atoms with E-state index in [4.69, 9.17) is 4.74 Å². The van der Waals surface area contributed by atoms with Gasteiger partial charge in [-0.25, -0.2) is 0 Å². The number of rotatable bonds is 5. The molecule has 2 fully saturated rings. The van der Waals surface area contributed by atoms with Crippen LogP contribution in [0.25, 0.3) is 0 Å². The largest absolute Gasteiger partial charge is 0.368 e. The number of methoxy groups -OCH3 is 1. The van der Waals surface area contributed by atoms with Crippen LogP contribution in [0.5, 0.6) is 0 Å². The van der Waals surface area contributed by atoms with Gasteiger partial charge in [-0.15, -0.1) is 0 Å². The van der Waals surface area contributed by atoms with E-state index in [0.717, 1.165) is 51.5 Å². The summed E-state index contributed by atoms with van der Waals surface area (Å²) in [6.07, 6.45) is 4.14. The van der Waals surface area contributed by atoms with Crippen molar-refractivity contribution in [2.45, 2.75) is 38.2 Å². The first-order valence-corrected chi connectivity index (χ1v) is 7.93. The van der Waals surface area contributed by atoms with Crippen molar-refractivity contribution in [2.75, 3.05) is 46.4 Å². The third kappa shape index (κ3) is 3.93. The van der Waals surface area contributed by atoms with Crippen molar-refractivity contribution < 1.29 is 9.53 Å². The summed E-state index contributed by atoms with van der Waals surface area (Å²) in [7, 11) is 1.65. The summed E-state index contributed by atoms with van der Waals surface area (Å²) >= 11 is 0. The van der Waals surface area contributed by atoms with Crippen LogP contribution in [0.15, 0.2) is 0 Å². The lowest BCUT2D eigenvalue weighted by Crippen LogP contribution is -2.55. The van der Waals surface area contributed by atoms with Crippen LogP contribution in [-0.4, -0.2) is 62.8 Å². The summed E-state index contributed by atoms with van der Waals surface area (Å²) in [5.74, 6) is 0.848. The van der Waals surface area contributed by atoms with E-state index >= 15 is 0 Å². The predicted molar refractivity (Wildman–Crippen MR) is 79.7 cm³/mol. The van der Waals surface area contributed by atoms with E-state index in [2.05, 4.69) is 22.5 Å². The minimum absolute atomic E-state index is 0.0616. The molecule has 2 aliphatic rings. The number of likely N-dealkylation sites (tertiary alicyclic amines) is 1. The molecule has 0 radical (unpaired) electrons. The van der Waals surface area contributed by atoms with E-state index in [1.165, 1.54) is 19.4 Å². The number of ether oxygens (including phenoxy) is 1. The molecule has 1 atom stereocenters. The maximum atomic E-state index is 12.4. The van der Waals surface area contributed by atoms with Crippen molar-refractivity contribution in [3.63, 3.8) is 0 Å². The molecule has 2 N–H and O–H groups in total. The van der Waals surface area contributed by atoms with Crippen molar-refractivity contribution >= 4 is 5.91 Å². The third-order valence-corrected chi connectivity index (χ3v) is 4.67. The average molecular weight is 283 g/mol. The van der Waals surface area contributed by atoms with Crippen molar-refractivity contribution in [3.05, 3.63) is 0 Å². The van der Waals surface area contributed by atoms with Crippen LogP contribution < -0.4 is 10.6 Å². The Morgan fingerprint density at radius 1 is 1.45 bits per heavy atom. The molecule has 0 bridgehead atoms. The zero-order chi connectivity index (χ0) is 14.4. The number of hydrogen-bond acceptors (Lipinski definition) is 4. The number of carbonyl (C=O) groups excluding carboxylic acids is 1. The topological polar surface area (TPSA) is 53.6 Å². The standard InChI is InChI=1S/C15H29N3O2/c1-13-4-3-10-18(12-13)11-9-17-14(19)15(20-2)5-7-16-8-6-15/h13,16H,3-12H2,1-2H3,(H,17,19). The minimum atomic E-state index is -0.611. The number of amides is 1. The molecule has 0 aromatic rings. The van der Waals surface area contributed by atoms with Crippen LogP contribution in [0, 0.1) is 5.92 Å². The maximum absolute atomic E-state index is 12.4. The molecule has 0 spiro atoms. The molecule has 2 saturated heterocycles. The molecule has 2 rings (SSSR count). The lowest BCUT2D eigenvalue weighted by Gasteiger charge is -2.35. The fourth-order valence-corrected chi connectivity index (χ4v) is 3.33. The molecule has 0 aliphatic carbocycles. The van der Waals surface area contributed by atoms with E-state index in [9.17, 15) is 4.79 Å². The molecule has 5 nitrogen and oxygen atoms in total. The van der Waals surface area contributed by atoms with Gasteiger partial charge in [0.25, 0.3) is 5.91 Å². The summed E-state index contributed by atoms with van der Waals surface area (Å²) in [5, 5.41) is 6.35. The molecule has 1 unspecified atom stereocenters. The number of carbonyl (C=O) groups is 1. The van der Waals surface area contributed by atoms with Gasteiger partial charge < -0.3 is 20.3 Å². The van der Waals surface area contributed by atoms with Crippen LogP contribution in [-0.2, 0) is 9.53 Å². The molecule has 0 aromatic heterocycles. The summed E-state index contributed by atoms with van der Waals surface area (Å²) in [4.78, 5) is 14.8. The van der Waals surface area contributed by atoms with E-state index in [-0.39, 0.29) is 5.91 Å². The molecule has 0 aromatic carbocycles. The first-order chi connectivity index (χ1) is 9.66. The normalized spacial score (nSPS) is 27.2. The van der Waals surface area contributed by atoms with Gasteiger partial charge in [-0.1, -0.05) is 6.92 Å². The highest BCUT2D eigenvalue weighted by Gasteiger charge is 2.39. The average Bonchev–Trinajstić information content (AvgIpc) is 2.48. The fraction of sp³-hybridized carbons (Fsp3) is 0.933. The van der Waals surface area contributed by atoms with Gasteiger partial charge in [0, 0.05) is 26.7 Å². The van der Waals surface area contributed by atoms with Gasteiger partial charge in [0.2, 0.25) is 0 Å². The summed E-state index contributed by atoms with van der Waals surface area (Å²) in [5.41, 5.74) is -0.611. The number of hydrogen-bond donors (Lipinski definition) is 2. The van der Waals surface area contributed by atoms with Crippen molar-refractivity contribution in [1.82, 2.24) is 15.5 Å².